The average molecular weight is 321 g/mol. The Balaban J connectivity index is 2.33. The summed E-state index contributed by atoms with van der Waals surface area (Å²) >= 11 is 8.46. The van der Waals surface area contributed by atoms with Gasteiger partial charge in [-0.1, -0.05) is 0 Å². The van der Waals surface area contributed by atoms with Gasteiger partial charge in [-0.3, -0.25) is 0 Å². The van der Waals surface area contributed by atoms with Gasteiger partial charge < -0.3 is 5.32 Å². The normalized spacial score (nSPS) is 10.4. The Morgan fingerprint density at radius 1 is 1.24 bits per heavy atom. The first-order valence-corrected chi connectivity index (χ1v) is 5.63. The summed E-state index contributed by atoms with van der Waals surface area (Å²) in [6, 6.07) is 3.54. The van der Waals surface area contributed by atoms with E-state index in [1.807, 2.05) is 0 Å². The zero-order valence-corrected chi connectivity index (χ0v) is 10.6. The zero-order chi connectivity index (χ0) is 12.4. The molecule has 0 spiro atoms. The molecule has 2 aromatic rings. The smallest absolute Gasteiger partial charge is 0.224 e. The van der Waals surface area contributed by atoms with E-state index in [-0.39, 0.29) is 21.3 Å². The van der Waals surface area contributed by atoms with Gasteiger partial charge >= 0.3 is 0 Å². The third-order valence-electron chi connectivity index (χ3n) is 1.90. The molecule has 1 aromatic heterocycles. The van der Waals surface area contributed by atoms with E-state index in [2.05, 4.69) is 31.2 Å². The van der Waals surface area contributed by atoms with Gasteiger partial charge in [0.1, 0.15) is 17.5 Å². The van der Waals surface area contributed by atoms with E-state index >= 15 is 0 Å². The molecule has 0 fully saturated rings. The molecular formula is C10H5BrClF2N3. The third-order valence-corrected chi connectivity index (χ3v) is 2.69. The number of hydrogen-bond donors (Lipinski definition) is 1. The fourth-order valence-electron chi connectivity index (χ4n) is 1.16. The number of nitrogens with one attached hydrogen (secondary N) is 1. The van der Waals surface area contributed by atoms with Crippen LogP contribution in [0, 0.1) is 11.6 Å². The van der Waals surface area contributed by atoms with Crippen molar-refractivity contribution >= 4 is 39.0 Å². The molecular weight excluding hydrogens is 315 g/mol. The molecule has 7 heteroatoms. The molecule has 0 amide bonds. The zero-order valence-electron chi connectivity index (χ0n) is 8.22. The van der Waals surface area contributed by atoms with Gasteiger partial charge in [0.2, 0.25) is 5.28 Å². The van der Waals surface area contributed by atoms with Gasteiger partial charge in [-0.15, -0.1) is 0 Å². The van der Waals surface area contributed by atoms with Crippen molar-refractivity contribution in [1.82, 2.24) is 9.97 Å². The average Bonchev–Trinajstić information content (AvgIpc) is 2.26. The summed E-state index contributed by atoms with van der Waals surface area (Å²) in [5, 5.41) is 2.63. The van der Waals surface area contributed by atoms with Crippen LogP contribution >= 0.6 is 27.5 Å². The minimum absolute atomic E-state index is 0.0213. The van der Waals surface area contributed by atoms with Crippen molar-refractivity contribution in [1.29, 1.82) is 0 Å². The van der Waals surface area contributed by atoms with E-state index in [1.165, 1.54) is 12.3 Å². The standard InChI is InChI=1S/C10H5BrClF2N3/c11-5-3-7(14)8(4-6(5)13)16-9-1-2-15-10(12)17-9/h1-4H,(H,15,16,17). The summed E-state index contributed by atoms with van der Waals surface area (Å²) in [5.74, 6) is -0.896. The Bertz CT molecular complexity index is 565. The second-order valence-electron chi connectivity index (χ2n) is 3.08. The Kier molecular flexibility index (Phi) is 3.54. The van der Waals surface area contributed by atoms with Gasteiger partial charge in [0.05, 0.1) is 10.2 Å². The van der Waals surface area contributed by atoms with Crippen LogP contribution in [0.4, 0.5) is 20.3 Å². The van der Waals surface area contributed by atoms with Crippen LogP contribution in [-0.2, 0) is 0 Å². The van der Waals surface area contributed by atoms with Crippen LogP contribution in [-0.4, -0.2) is 9.97 Å². The second kappa shape index (κ2) is 4.93. The quantitative estimate of drug-likeness (QED) is 0.673. The third kappa shape index (κ3) is 2.89. The first-order chi connectivity index (χ1) is 8.06. The highest BCUT2D eigenvalue weighted by molar-refractivity contribution is 9.10. The summed E-state index contributed by atoms with van der Waals surface area (Å²) in [6.07, 6.45) is 1.41. The highest BCUT2D eigenvalue weighted by atomic mass is 79.9. The molecule has 0 atom stereocenters. The number of hydrogen-bond acceptors (Lipinski definition) is 3. The van der Waals surface area contributed by atoms with E-state index in [9.17, 15) is 8.78 Å². The molecule has 1 N–H and O–H groups in total. The lowest BCUT2D eigenvalue weighted by Crippen LogP contribution is -1.98. The van der Waals surface area contributed by atoms with Crippen molar-refractivity contribution in [3.8, 4) is 0 Å². The molecule has 0 aliphatic carbocycles. The molecule has 3 nitrogen and oxygen atoms in total. The predicted molar refractivity (Wildman–Crippen MR) is 64.4 cm³/mol. The molecule has 0 aliphatic rings. The van der Waals surface area contributed by atoms with Gasteiger partial charge in [0.15, 0.2) is 0 Å². The van der Waals surface area contributed by atoms with Crippen LogP contribution in [0.5, 0.6) is 0 Å². The van der Waals surface area contributed by atoms with Crippen molar-refractivity contribution in [2.75, 3.05) is 5.32 Å². The van der Waals surface area contributed by atoms with Crippen LogP contribution in [0.1, 0.15) is 0 Å². The van der Waals surface area contributed by atoms with Gasteiger partial charge in [-0.25, -0.2) is 18.7 Å². The van der Waals surface area contributed by atoms with E-state index < -0.39 is 11.6 Å². The number of aromatic nitrogens is 2. The topological polar surface area (TPSA) is 37.8 Å². The van der Waals surface area contributed by atoms with Crippen molar-refractivity contribution < 1.29 is 8.78 Å². The Morgan fingerprint density at radius 3 is 2.71 bits per heavy atom. The number of anilines is 2. The molecule has 1 heterocycles. The summed E-state index contributed by atoms with van der Waals surface area (Å²) in [6.45, 7) is 0. The summed E-state index contributed by atoms with van der Waals surface area (Å²) in [7, 11) is 0. The molecule has 0 saturated heterocycles. The first kappa shape index (κ1) is 12.2. The van der Waals surface area contributed by atoms with E-state index in [4.69, 9.17) is 11.6 Å². The van der Waals surface area contributed by atoms with Crippen LogP contribution < -0.4 is 5.32 Å². The highest BCUT2D eigenvalue weighted by Crippen LogP contribution is 2.25. The maximum absolute atomic E-state index is 13.5. The number of halogens is 4. The number of benzene rings is 1. The maximum atomic E-state index is 13.5. The predicted octanol–water partition coefficient (Wildman–Crippen LogP) is 3.91. The van der Waals surface area contributed by atoms with E-state index in [1.54, 1.807) is 0 Å². The maximum Gasteiger partial charge on any atom is 0.224 e. The van der Waals surface area contributed by atoms with E-state index in [0.717, 1.165) is 12.1 Å². The van der Waals surface area contributed by atoms with Crippen LogP contribution in [0.15, 0.2) is 28.9 Å². The van der Waals surface area contributed by atoms with Crippen LogP contribution in [0.2, 0.25) is 5.28 Å². The Morgan fingerprint density at radius 2 is 2.00 bits per heavy atom. The number of nitrogens with zero attached hydrogens (tertiary/aromatic N) is 2. The fourth-order valence-corrected chi connectivity index (χ4v) is 1.62. The van der Waals surface area contributed by atoms with Crippen molar-refractivity contribution in [3.05, 3.63) is 45.8 Å². The minimum Gasteiger partial charge on any atom is -0.338 e. The molecule has 0 radical (unpaired) electrons. The van der Waals surface area contributed by atoms with Crippen molar-refractivity contribution in [2.45, 2.75) is 0 Å². The molecule has 2 rings (SSSR count). The Hall–Kier alpha value is -1.27. The highest BCUT2D eigenvalue weighted by Gasteiger charge is 2.09. The monoisotopic (exact) mass is 319 g/mol. The van der Waals surface area contributed by atoms with Crippen molar-refractivity contribution in [3.63, 3.8) is 0 Å². The molecule has 0 aliphatic heterocycles. The number of rotatable bonds is 2. The summed E-state index contributed by atoms with van der Waals surface area (Å²) < 4.78 is 26.8. The summed E-state index contributed by atoms with van der Waals surface area (Å²) in [5.41, 5.74) is -0.0273. The molecule has 0 bridgehead atoms. The minimum atomic E-state index is -0.604. The van der Waals surface area contributed by atoms with Gasteiger partial charge in [-0.05, 0) is 39.7 Å². The largest absolute Gasteiger partial charge is 0.338 e. The second-order valence-corrected chi connectivity index (χ2v) is 4.27. The lowest BCUT2D eigenvalue weighted by Gasteiger charge is -2.07. The molecule has 0 saturated carbocycles. The van der Waals surface area contributed by atoms with Gasteiger partial charge in [0, 0.05) is 12.3 Å². The molecule has 1 aromatic carbocycles. The van der Waals surface area contributed by atoms with Crippen LogP contribution in [0.3, 0.4) is 0 Å². The lowest BCUT2D eigenvalue weighted by molar-refractivity contribution is 0.597. The van der Waals surface area contributed by atoms with E-state index in [0.29, 0.717) is 0 Å². The van der Waals surface area contributed by atoms with Gasteiger partial charge in [0.25, 0.3) is 0 Å². The first-order valence-electron chi connectivity index (χ1n) is 4.46. The van der Waals surface area contributed by atoms with Crippen molar-refractivity contribution in [2.24, 2.45) is 0 Å². The Labute approximate surface area is 109 Å². The molecule has 88 valence electrons. The fraction of sp³-hybridized carbons (Fsp3) is 0. The summed E-state index contributed by atoms with van der Waals surface area (Å²) in [4.78, 5) is 7.48. The molecule has 0 unspecified atom stereocenters. The van der Waals surface area contributed by atoms with Crippen LogP contribution in [0.25, 0.3) is 0 Å². The SMILES string of the molecule is Fc1cc(Nc2ccnc(Cl)n2)c(F)cc1Br. The lowest BCUT2D eigenvalue weighted by atomic mass is 10.3. The molecule has 17 heavy (non-hydrogen) atoms. The van der Waals surface area contributed by atoms with Gasteiger partial charge in [-0.2, -0.15) is 0 Å².